The zero-order valence-electron chi connectivity index (χ0n) is 11.3. The fraction of sp³-hybridized carbons (Fsp3) is 0.286. The molecule has 0 unspecified atom stereocenters. The van der Waals surface area contributed by atoms with Crippen LogP contribution in [0.4, 0.5) is 5.69 Å². The molecule has 0 saturated carbocycles. The summed E-state index contributed by atoms with van der Waals surface area (Å²) in [5.74, 6) is -1.19. The van der Waals surface area contributed by atoms with Gasteiger partial charge in [0.1, 0.15) is 19.5 Å². The van der Waals surface area contributed by atoms with Crippen LogP contribution in [-0.4, -0.2) is 31.2 Å². The summed E-state index contributed by atoms with van der Waals surface area (Å²) in [6, 6.07) is 7.06. The largest absolute Gasteiger partial charge is 0.493 e. The van der Waals surface area contributed by atoms with Gasteiger partial charge in [0.15, 0.2) is 6.10 Å². The van der Waals surface area contributed by atoms with Crippen LogP contribution in [0, 0.1) is 0 Å². The van der Waals surface area contributed by atoms with E-state index in [9.17, 15) is 9.59 Å². The molecular weight excluding hydrogens is 342 g/mol. The van der Waals surface area contributed by atoms with Gasteiger partial charge in [0.2, 0.25) is 5.76 Å². The number of amides is 1. The average Bonchev–Trinajstić information content (AvgIpc) is 2.50. The number of ether oxygens (including phenoxy) is 3. The van der Waals surface area contributed by atoms with Crippen LogP contribution in [0.5, 0.6) is 0 Å². The maximum atomic E-state index is 11.9. The van der Waals surface area contributed by atoms with Crippen LogP contribution in [0.1, 0.15) is 6.92 Å². The first-order chi connectivity index (χ1) is 10.1. The van der Waals surface area contributed by atoms with Gasteiger partial charge >= 0.3 is 5.97 Å². The lowest BCUT2D eigenvalue weighted by Crippen LogP contribution is -2.31. The van der Waals surface area contributed by atoms with E-state index in [1.165, 1.54) is 13.2 Å². The molecule has 1 heterocycles. The van der Waals surface area contributed by atoms with Crippen LogP contribution in [0.2, 0.25) is 0 Å². The standard InChI is InChI=1S/C14H14BrNO5/c1-9(21-14(18)12-8-19-6-7-20-12)13(17)16-11-4-2-10(15)3-5-11/h2-5,8-9H,6-7H2,1H3,(H,16,17)/t9-/m1/s1. The molecular formula is C14H14BrNO5. The topological polar surface area (TPSA) is 73.9 Å². The van der Waals surface area contributed by atoms with E-state index >= 15 is 0 Å². The lowest BCUT2D eigenvalue weighted by molar-refractivity contribution is -0.153. The highest BCUT2D eigenvalue weighted by molar-refractivity contribution is 9.10. The van der Waals surface area contributed by atoms with Gasteiger partial charge in [-0.15, -0.1) is 0 Å². The van der Waals surface area contributed by atoms with E-state index in [1.54, 1.807) is 24.3 Å². The number of carbonyl (C=O) groups is 2. The summed E-state index contributed by atoms with van der Waals surface area (Å²) in [5, 5.41) is 2.65. The maximum Gasteiger partial charge on any atom is 0.377 e. The monoisotopic (exact) mass is 355 g/mol. The smallest absolute Gasteiger partial charge is 0.377 e. The van der Waals surface area contributed by atoms with Gasteiger partial charge < -0.3 is 19.5 Å². The molecule has 0 saturated heterocycles. The second-order valence-corrected chi connectivity index (χ2v) is 5.16. The third-order valence-corrected chi connectivity index (χ3v) is 3.14. The lowest BCUT2D eigenvalue weighted by atomic mass is 10.3. The Balaban J connectivity index is 1.88. The zero-order chi connectivity index (χ0) is 15.2. The predicted octanol–water partition coefficient (Wildman–Crippen LogP) is 2.21. The van der Waals surface area contributed by atoms with E-state index in [0.29, 0.717) is 12.3 Å². The predicted molar refractivity (Wildman–Crippen MR) is 78.3 cm³/mol. The van der Waals surface area contributed by atoms with E-state index in [2.05, 4.69) is 21.2 Å². The molecule has 1 aromatic carbocycles. The Kier molecular flexibility index (Phi) is 5.21. The van der Waals surface area contributed by atoms with Crippen LogP contribution in [0.25, 0.3) is 0 Å². The highest BCUT2D eigenvalue weighted by atomic mass is 79.9. The van der Waals surface area contributed by atoms with Crippen molar-refractivity contribution in [1.29, 1.82) is 0 Å². The molecule has 2 rings (SSSR count). The van der Waals surface area contributed by atoms with Crippen LogP contribution in [0.3, 0.4) is 0 Å². The van der Waals surface area contributed by atoms with Gasteiger partial charge in [0, 0.05) is 10.2 Å². The molecule has 112 valence electrons. The van der Waals surface area contributed by atoms with Gasteiger partial charge in [-0.1, -0.05) is 15.9 Å². The fourth-order valence-electron chi connectivity index (χ4n) is 1.52. The van der Waals surface area contributed by atoms with Crippen LogP contribution >= 0.6 is 15.9 Å². The minimum atomic E-state index is -0.951. The number of esters is 1. The number of anilines is 1. The second-order valence-electron chi connectivity index (χ2n) is 4.25. The Bertz CT molecular complexity index is 555. The van der Waals surface area contributed by atoms with Crippen molar-refractivity contribution in [3.05, 3.63) is 40.8 Å². The lowest BCUT2D eigenvalue weighted by Gasteiger charge is -2.17. The van der Waals surface area contributed by atoms with Crippen molar-refractivity contribution in [3.63, 3.8) is 0 Å². The van der Waals surface area contributed by atoms with Gasteiger partial charge in [-0.2, -0.15) is 0 Å². The van der Waals surface area contributed by atoms with Gasteiger partial charge in [0.05, 0.1) is 0 Å². The number of hydrogen-bond donors (Lipinski definition) is 1. The Labute approximate surface area is 130 Å². The number of halogens is 1. The summed E-state index contributed by atoms with van der Waals surface area (Å²) in [5.41, 5.74) is 0.613. The minimum absolute atomic E-state index is 0.0375. The van der Waals surface area contributed by atoms with Gasteiger partial charge in [-0.3, -0.25) is 4.79 Å². The molecule has 6 nitrogen and oxygen atoms in total. The summed E-state index contributed by atoms with van der Waals surface area (Å²) in [6.07, 6.45) is 0.234. The van der Waals surface area contributed by atoms with E-state index in [1.807, 2.05) is 0 Å². The van der Waals surface area contributed by atoms with Crippen molar-refractivity contribution < 1.29 is 23.8 Å². The summed E-state index contributed by atoms with van der Waals surface area (Å²) in [7, 11) is 0. The number of carbonyl (C=O) groups excluding carboxylic acids is 2. The molecule has 0 bridgehead atoms. The van der Waals surface area contributed by atoms with E-state index in [-0.39, 0.29) is 12.4 Å². The van der Waals surface area contributed by atoms with Crippen LogP contribution in [-0.2, 0) is 23.8 Å². The number of benzene rings is 1. The summed E-state index contributed by atoms with van der Waals surface area (Å²) in [6.45, 7) is 2.15. The second kappa shape index (κ2) is 7.12. The molecule has 0 fully saturated rings. The van der Waals surface area contributed by atoms with Crippen molar-refractivity contribution >= 4 is 33.5 Å². The summed E-state index contributed by atoms with van der Waals surface area (Å²) in [4.78, 5) is 23.7. The molecule has 0 spiro atoms. The molecule has 1 atom stereocenters. The molecule has 0 aliphatic carbocycles. The summed E-state index contributed by atoms with van der Waals surface area (Å²) >= 11 is 3.30. The zero-order valence-corrected chi connectivity index (χ0v) is 12.9. The van der Waals surface area contributed by atoms with Crippen molar-refractivity contribution in [3.8, 4) is 0 Å². The van der Waals surface area contributed by atoms with Crippen LogP contribution < -0.4 is 5.32 Å². The van der Waals surface area contributed by atoms with Crippen molar-refractivity contribution in [2.24, 2.45) is 0 Å². The quantitative estimate of drug-likeness (QED) is 0.838. The Morgan fingerprint density at radius 3 is 2.62 bits per heavy atom. The first-order valence-electron chi connectivity index (χ1n) is 6.28. The van der Waals surface area contributed by atoms with Gasteiger partial charge in [0.25, 0.3) is 5.91 Å². The highest BCUT2D eigenvalue weighted by Crippen LogP contribution is 2.15. The van der Waals surface area contributed by atoms with E-state index in [4.69, 9.17) is 14.2 Å². The molecule has 0 aromatic heterocycles. The molecule has 0 radical (unpaired) electrons. The molecule has 7 heteroatoms. The SMILES string of the molecule is C[C@@H](OC(=O)C1=COCCO1)C(=O)Nc1ccc(Br)cc1. The van der Waals surface area contributed by atoms with E-state index < -0.39 is 18.0 Å². The van der Waals surface area contributed by atoms with Crippen molar-refractivity contribution in [1.82, 2.24) is 0 Å². The van der Waals surface area contributed by atoms with E-state index in [0.717, 1.165) is 4.47 Å². The number of hydrogen-bond acceptors (Lipinski definition) is 5. The molecule has 1 aliphatic rings. The maximum absolute atomic E-state index is 11.9. The highest BCUT2D eigenvalue weighted by Gasteiger charge is 2.23. The molecule has 1 aromatic rings. The minimum Gasteiger partial charge on any atom is -0.493 e. The number of nitrogens with one attached hydrogen (secondary N) is 1. The van der Waals surface area contributed by atoms with Crippen molar-refractivity contribution in [2.45, 2.75) is 13.0 Å². The fourth-order valence-corrected chi connectivity index (χ4v) is 1.79. The third kappa shape index (κ3) is 4.49. The Morgan fingerprint density at radius 2 is 2.00 bits per heavy atom. The first-order valence-corrected chi connectivity index (χ1v) is 7.07. The Hall–Kier alpha value is -2.02. The normalized spacial score (nSPS) is 15.0. The van der Waals surface area contributed by atoms with Crippen molar-refractivity contribution in [2.75, 3.05) is 18.5 Å². The number of rotatable bonds is 4. The van der Waals surface area contributed by atoms with Gasteiger partial charge in [-0.05, 0) is 31.2 Å². The Morgan fingerprint density at radius 1 is 1.29 bits per heavy atom. The first kappa shape index (κ1) is 15.4. The average molecular weight is 356 g/mol. The molecule has 1 amide bonds. The summed E-state index contributed by atoms with van der Waals surface area (Å²) < 4.78 is 16.0. The third-order valence-electron chi connectivity index (χ3n) is 2.62. The molecule has 1 aliphatic heterocycles. The molecule has 21 heavy (non-hydrogen) atoms. The van der Waals surface area contributed by atoms with Crippen LogP contribution in [0.15, 0.2) is 40.8 Å². The van der Waals surface area contributed by atoms with Gasteiger partial charge in [-0.25, -0.2) is 4.79 Å². The molecule has 1 N–H and O–H groups in total.